The number of hydrogen-bond donors (Lipinski definition) is 0. The Morgan fingerprint density at radius 3 is 0.667 bits per heavy atom. The second kappa shape index (κ2) is 53.8. The number of hydrogen-bond acceptors (Lipinski definition) is 6. The van der Waals surface area contributed by atoms with E-state index in [-0.39, 0.29) is 34.7 Å². The Kier molecular flexibility index (Phi) is 46.3. The van der Waals surface area contributed by atoms with Gasteiger partial charge in [-0.3, -0.25) is 28.8 Å². The highest BCUT2D eigenvalue weighted by Crippen LogP contribution is 2.33. The van der Waals surface area contributed by atoms with E-state index in [1.807, 2.05) is 36.4 Å². The van der Waals surface area contributed by atoms with E-state index in [1.165, 1.54) is 131 Å². The van der Waals surface area contributed by atoms with Crippen LogP contribution in [0.5, 0.6) is 0 Å². The molecule has 2 atom stereocenters. The third-order valence-corrected chi connectivity index (χ3v) is 23.0. The fourth-order valence-electron chi connectivity index (χ4n) is 14.9. The summed E-state index contributed by atoms with van der Waals surface area (Å²) in [5.41, 5.74) is 23.9. The van der Waals surface area contributed by atoms with E-state index >= 15 is 0 Å². The molecule has 3 aromatic carbocycles. The van der Waals surface area contributed by atoms with Crippen LogP contribution in [0.4, 0.5) is 0 Å². The largest absolute Gasteiger partial charge is 0.289 e. The number of benzene rings is 3. The maximum absolute atomic E-state index is 13.0. The molecule has 0 saturated carbocycles. The Morgan fingerprint density at radius 2 is 0.439 bits per heavy atom. The van der Waals surface area contributed by atoms with Gasteiger partial charge in [0.15, 0.2) is 34.7 Å². The van der Waals surface area contributed by atoms with Gasteiger partial charge in [0.25, 0.3) is 0 Å². The van der Waals surface area contributed by atoms with E-state index in [9.17, 15) is 28.8 Å². The van der Waals surface area contributed by atoms with Crippen molar-refractivity contribution < 1.29 is 28.8 Å². The quantitative estimate of drug-likeness (QED) is 0.0522. The van der Waals surface area contributed by atoms with Crippen LogP contribution in [-0.2, 0) is 0 Å². The molecule has 618 valence electrons. The van der Waals surface area contributed by atoms with E-state index in [1.54, 1.807) is 57.2 Å². The molecule has 2 unspecified atom stereocenters. The van der Waals surface area contributed by atoms with E-state index in [0.717, 1.165) is 127 Å². The first-order valence-electron chi connectivity index (χ1n) is 43.8. The zero-order valence-corrected chi connectivity index (χ0v) is 75.3. The van der Waals surface area contributed by atoms with Gasteiger partial charge in [-0.15, -0.1) is 0 Å². The van der Waals surface area contributed by atoms with E-state index in [0.29, 0.717) is 86.1 Å². The highest BCUT2D eigenvalue weighted by molar-refractivity contribution is 6.28. The lowest BCUT2D eigenvalue weighted by atomic mass is 9.83. The summed E-state index contributed by atoms with van der Waals surface area (Å²) in [7, 11) is 0. The summed E-state index contributed by atoms with van der Waals surface area (Å²) < 4.78 is 0. The summed E-state index contributed by atoms with van der Waals surface area (Å²) >= 11 is 0. The van der Waals surface area contributed by atoms with Crippen molar-refractivity contribution in [1.82, 2.24) is 0 Å². The van der Waals surface area contributed by atoms with Crippen molar-refractivity contribution in [2.45, 2.75) is 338 Å². The number of carbonyl (C=O) groups is 6. The van der Waals surface area contributed by atoms with Gasteiger partial charge >= 0.3 is 0 Å². The Labute approximate surface area is 694 Å². The number of fused-ring (bicyclic) bond motifs is 3. The maximum atomic E-state index is 13.0. The lowest BCUT2D eigenvalue weighted by Crippen LogP contribution is -2.20. The van der Waals surface area contributed by atoms with Crippen LogP contribution in [0.1, 0.15) is 400 Å². The van der Waals surface area contributed by atoms with E-state index in [2.05, 4.69) is 198 Å². The molecule has 0 fully saturated rings. The van der Waals surface area contributed by atoms with Crippen LogP contribution in [0.3, 0.4) is 0 Å². The third-order valence-electron chi connectivity index (χ3n) is 23.0. The van der Waals surface area contributed by atoms with Crippen LogP contribution >= 0.6 is 0 Å². The maximum Gasteiger partial charge on any atom is 0.190 e. The predicted molar refractivity (Wildman–Crippen MR) is 492 cm³/mol. The molecule has 6 nitrogen and oxygen atoms in total. The number of Topliss-reactive ketones (excluding diaryl/α,β-unsaturated/α-hetero) is 6. The second-order valence-corrected chi connectivity index (χ2v) is 34.8. The topological polar surface area (TPSA) is 102 Å². The first-order valence-corrected chi connectivity index (χ1v) is 43.8. The molecule has 3 aliphatic rings. The standard InChI is InChI=1S/C46H64O2.C31H46O2.C31H40O2/c1-34(2)18-12-19-35(3)20-13-21-36(4)22-14-23-37(5)24-15-25-38(6)26-16-27-39(7)28-17-29-40(8)32-33-42-41(9)45(47)43-30-10-11-31-44(43)46(42)48;2*1-22(2)12-9-13-23(3)14-10-15-24(4)16-11-17-25(5)20-21-27-26(6)30(32)28-18-7-8-19-29(28)31(27)33/h10-11,18,20,22,24,26,28,30-32H,12-17,19,21,23,25,27,29,33H2,1-9H3;7-8,18-20,22-24H,9-17,21H2,1-6H3;7-8,12,14,16,18-20H,9-11,13,15,17,21H2,1-6H3/b35-20+,36-22+,37-24+,38-26+,39-28+,40-32+;25-20+;23-14+,24-16+,25-20+. The molecule has 0 radical (unpaired) electrons. The molecule has 6 rings (SSSR count). The van der Waals surface area contributed by atoms with Gasteiger partial charge in [0.1, 0.15) is 0 Å². The third kappa shape index (κ3) is 37.2. The molecule has 6 heteroatoms. The lowest BCUT2D eigenvalue weighted by Gasteiger charge is -2.18. The number of ketones is 6. The zero-order valence-electron chi connectivity index (χ0n) is 75.3. The van der Waals surface area contributed by atoms with Crippen LogP contribution < -0.4 is 0 Å². The Bertz CT molecular complexity index is 4200. The molecule has 114 heavy (non-hydrogen) atoms. The van der Waals surface area contributed by atoms with Gasteiger partial charge < -0.3 is 0 Å². The average Bonchev–Trinajstić information content (AvgIpc) is 0.792. The molecule has 3 aliphatic carbocycles. The van der Waals surface area contributed by atoms with Gasteiger partial charge in [-0.25, -0.2) is 0 Å². The predicted octanol–water partition coefficient (Wildman–Crippen LogP) is 32.2. The highest BCUT2D eigenvalue weighted by Gasteiger charge is 2.31. The minimum absolute atomic E-state index is 0.00526. The molecular weight excluding hydrogens is 1390 g/mol. The first kappa shape index (κ1) is 98.1. The summed E-state index contributed by atoms with van der Waals surface area (Å²) in [6.07, 6.45) is 60.9. The molecule has 0 aliphatic heterocycles. The first-order chi connectivity index (χ1) is 54.3. The van der Waals surface area contributed by atoms with Crippen molar-refractivity contribution in [2.75, 3.05) is 0 Å². The number of carbonyl (C=O) groups excluding carboxylic acids is 6. The minimum atomic E-state index is -0.0228. The molecule has 0 spiro atoms. The lowest BCUT2D eigenvalue weighted by molar-refractivity contribution is 0.0973. The molecule has 0 saturated heterocycles. The fraction of sp³-hybridized carbons (Fsp3) is 0.500. The van der Waals surface area contributed by atoms with Crippen molar-refractivity contribution in [1.29, 1.82) is 0 Å². The van der Waals surface area contributed by atoms with Gasteiger partial charge in [-0.1, -0.05) is 285 Å². The van der Waals surface area contributed by atoms with Gasteiger partial charge in [0, 0.05) is 66.8 Å². The summed E-state index contributed by atoms with van der Waals surface area (Å²) in [5, 5.41) is 0. The van der Waals surface area contributed by atoms with Crippen LogP contribution in [0.2, 0.25) is 0 Å². The SMILES string of the molecule is CC(C)=CCC/C(C)=C/CC/C(C)=C/CC/C(C)=C/CC/C(C)=C/CC/C(C)=C/CC/C(C)=C/CC1=C(C)C(=O)c2ccccc2C1=O.CC(C)=CCC/C(C)=C/CC/C(C)=C/CC/C(C)=C/CC1=C(C)C(=O)c2ccccc2C1=O.CC1=C(C/C=C(\C)CCCC(C)CCCC(C)CCCC(C)C)C(=O)c2ccccc2C1=O. The van der Waals surface area contributed by atoms with Crippen molar-refractivity contribution in [2.24, 2.45) is 17.8 Å². The van der Waals surface area contributed by atoms with Crippen molar-refractivity contribution >= 4 is 34.7 Å². The average molecular weight is 1540 g/mol. The van der Waals surface area contributed by atoms with Crippen LogP contribution in [-0.4, -0.2) is 34.7 Å². The molecule has 0 amide bonds. The monoisotopic (exact) mass is 1540 g/mol. The summed E-state index contributed by atoms with van der Waals surface area (Å²) in [5.74, 6) is 2.42. The highest BCUT2D eigenvalue weighted by atomic mass is 16.2. The normalized spacial score (nSPS) is 15.6. The number of allylic oxidation sites excluding steroid dienone is 30. The molecule has 0 N–H and O–H groups in total. The Hall–Kier alpha value is -8.22. The summed E-state index contributed by atoms with van der Waals surface area (Å²) in [6.45, 7) is 45.6. The smallest absolute Gasteiger partial charge is 0.190 e. The van der Waals surface area contributed by atoms with Gasteiger partial charge in [0.05, 0.1) is 0 Å². The van der Waals surface area contributed by atoms with E-state index in [4.69, 9.17) is 0 Å². The Morgan fingerprint density at radius 1 is 0.246 bits per heavy atom. The molecule has 0 heterocycles. The molecule has 0 aromatic heterocycles. The van der Waals surface area contributed by atoms with Gasteiger partial charge in [-0.2, -0.15) is 0 Å². The molecule has 3 aromatic rings. The molecular formula is C108H150O6. The van der Waals surface area contributed by atoms with Crippen LogP contribution in [0.15, 0.2) is 246 Å². The second-order valence-electron chi connectivity index (χ2n) is 34.8. The molecule has 0 bridgehead atoms. The van der Waals surface area contributed by atoms with E-state index < -0.39 is 0 Å². The van der Waals surface area contributed by atoms with Gasteiger partial charge in [0.2, 0.25) is 0 Å². The van der Waals surface area contributed by atoms with Crippen molar-refractivity contribution in [3.8, 4) is 0 Å². The minimum Gasteiger partial charge on any atom is -0.289 e. The van der Waals surface area contributed by atoms with Crippen molar-refractivity contribution in [3.05, 3.63) is 279 Å². The van der Waals surface area contributed by atoms with Crippen LogP contribution in [0.25, 0.3) is 0 Å². The summed E-state index contributed by atoms with van der Waals surface area (Å²) in [4.78, 5) is 76.8. The van der Waals surface area contributed by atoms with Crippen molar-refractivity contribution in [3.63, 3.8) is 0 Å². The van der Waals surface area contributed by atoms with Gasteiger partial charge in [-0.05, 0) is 283 Å². The van der Waals surface area contributed by atoms with Crippen LogP contribution in [0, 0.1) is 17.8 Å². The number of rotatable bonds is 45. The zero-order chi connectivity index (χ0) is 84.2. The Balaban J connectivity index is 0.000000370. The summed E-state index contributed by atoms with van der Waals surface area (Å²) in [6, 6.07) is 21.5. The fourth-order valence-corrected chi connectivity index (χ4v) is 14.9.